The standard InChI is InChI=1S/C17H28ClN3/c1-4-7-19-16(15-9-12-5-6-13(15)8-12)10-14-11(2)20-21(3)17(14)18/h12-13,15-16,19H,4-10H2,1-3H3. The van der Waals surface area contributed by atoms with Crippen LogP contribution in [-0.4, -0.2) is 22.4 Å². The van der Waals surface area contributed by atoms with Gasteiger partial charge in [-0.3, -0.25) is 4.68 Å². The van der Waals surface area contributed by atoms with Gasteiger partial charge in [-0.15, -0.1) is 0 Å². The van der Waals surface area contributed by atoms with Crippen molar-refractivity contribution in [1.29, 1.82) is 0 Å². The van der Waals surface area contributed by atoms with E-state index < -0.39 is 0 Å². The second-order valence-electron chi connectivity index (χ2n) is 7.08. The van der Waals surface area contributed by atoms with Crippen molar-refractivity contribution >= 4 is 11.6 Å². The van der Waals surface area contributed by atoms with E-state index in [1.165, 1.54) is 37.7 Å². The maximum absolute atomic E-state index is 6.45. The van der Waals surface area contributed by atoms with E-state index in [0.29, 0.717) is 6.04 Å². The quantitative estimate of drug-likeness (QED) is 0.868. The maximum Gasteiger partial charge on any atom is 0.130 e. The molecule has 4 atom stereocenters. The van der Waals surface area contributed by atoms with Gasteiger partial charge in [-0.2, -0.15) is 5.10 Å². The predicted octanol–water partition coefficient (Wildman–Crippen LogP) is 3.73. The fourth-order valence-corrected chi connectivity index (χ4v) is 4.87. The summed E-state index contributed by atoms with van der Waals surface area (Å²) >= 11 is 6.45. The summed E-state index contributed by atoms with van der Waals surface area (Å²) in [5, 5.41) is 9.11. The van der Waals surface area contributed by atoms with Gasteiger partial charge < -0.3 is 5.32 Å². The number of halogens is 1. The number of rotatable bonds is 6. The monoisotopic (exact) mass is 309 g/mol. The van der Waals surface area contributed by atoms with Gasteiger partial charge in [0, 0.05) is 18.7 Å². The summed E-state index contributed by atoms with van der Waals surface area (Å²) in [6, 6.07) is 0.570. The average molecular weight is 310 g/mol. The van der Waals surface area contributed by atoms with E-state index >= 15 is 0 Å². The van der Waals surface area contributed by atoms with Gasteiger partial charge in [0.1, 0.15) is 5.15 Å². The molecule has 3 rings (SSSR count). The minimum atomic E-state index is 0.570. The van der Waals surface area contributed by atoms with Crippen molar-refractivity contribution in [2.75, 3.05) is 6.54 Å². The normalized spacial score (nSPS) is 29.2. The summed E-state index contributed by atoms with van der Waals surface area (Å²) < 4.78 is 1.81. The van der Waals surface area contributed by atoms with Crippen LogP contribution in [0, 0.1) is 24.7 Å². The van der Waals surface area contributed by atoms with Crippen LogP contribution in [0.1, 0.15) is 50.3 Å². The van der Waals surface area contributed by atoms with Gasteiger partial charge in [-0.25, -0.2) is 0 Å². The summed E-state index contributed by atoms with van der Waals surface area (Å²) in [5.74, 6) is 2.78. The number of nitrogens with zero attached hydrogens (tertiary/aromatic N) is 2. The molecular weight excluding hydrogens is 282 g/mol. The van der Waals surface area contributed by atoms with Crippen molar-refractivity contribution in [1.82, 2.24) is 15.1 Å². The first-order valence-electron chi connectivity index (χ1n) is 8.51. The summed E-state index contributed by atoms with van der Waals surface area (Å²) in [6.07, 6.45) is 8.02. The van der Waals surface area contributed by atoms with Crippen LogP contribution in [0.3, 0.4) is 0 Å². The third kappa shape index (κ3) is 3.00. The van der Waals surface area contributed by atoms with Gasteiger partial charge in [0.15, 0.2) is 0 Å². The molecule has 2 fully saturated rings. The van der Waals surface area contributed by atoms with Crippen LogP contribution in [-0.2, 0) is 13.5 Å². The molecule has 4 heteroatoms. The van der Waals surface area contributed by atoms with Gasteiger partial charge in [-0.05, 0) is 63.3 Å². The second kappa shape index (κ2) is 6.29. The first-order valence-corrected chi connectivity index (χ1v) is 8.89. The Morgan fingerprint density at radius 1 is 1.38 bits per heavy atom. The lowest BCUT2D eigenvalue weighted by Gasteiger charge is -2.31. The highest BCUT2D eigenvalue weighted by molar-refractivity contribution is 6.30. The Labute approximate surface area is 133 Å². The molecule has 1 aromatic rings. The number of nitrogens with one attached hydrogen (secondary N) is 1. The van der Waals surface area contributed by atoms with Crippen molar-refractivity contribution in [2.24, 2.45) is 24.8 Å². The number of fused-ring (bicyclic) bond motifs is 2. The zero-order chi connectivity index (χ0) is 15.0. The van der Waals surface area contributed by atoms with E-state index in [1.54, 1.807) is 0 Å². The highest BCUT2D eigenvalue weighted by Gasteiger charge is 2.43. The molecule has 1 aromatic heterocycles. The molecule has 0 spiro atoms. The predicted molar refractivity (Wildman–Crippen MR) is 87.7 cm³/mol. The maximum atomic E-state index is 6.45. The SMILES string of the molecule is CCCNC(Cc1c(C)nn(C)c1Cl)C1CC2CCC1C2. The Morgan fingerprint density at radius 3 is 2.71 bits per heavy atom. The summed E-state index contributed by atoms with van der Waals surface area (Å²) in [7, 11) is 1.94. The Balaban J connectivity index is 1.76. The van der Waals surface area contributed by atoms with Crippen LogP contribution < -0.4 is 5.32 Å². The van der Waals surface area contributed by atoms with Crippen LogP contribution in [0.15, 0.2) is 0 Å². The van der Waals surface area contributed by atoms with Crippen LogP contribution in [0.5, 0.6) is 0 Å². The zero-order valence-corrected chi connectivity index (χ0v) is 14.3. The van der Waals surface area contributed by atoms with Crippen molar-refractivity contribution in [3.8, 4) is 0 Å². The molecule has 21 heavy (non-hydrogen) atoms. The largest absolute Gasteiger partial charge is 0.313 e. The minimum absolute atomic E-state index is 0.570. The molecule has 0 radical (unpaired) electrons. The molecule has 2 bridgehead atoms. The second-order valence-corrected chi connectivity index (χ2v) is 7.44. The lowest BCUT2D eigenvalue weighted by Crippen LogP contribution is -2.41. The van der Waals surface area contributed by atoms with Crippen molar-refractivity contribution < 1.29 is 0 Å². The Morgan fingerprint density at radius 2 is 2.19 bits per heavy atom. The smallest absolute Gasteiger partial charge is 0.130 e. The van der Waals surface area contributed by atoms with Crippen LogP contribution in [0.4, 0.5) is 0 Å². The van der Waals surface area contributed by atoms with Gasteiger partial charge >= 0.3 is 0 Å². The van der Waals surface area contributed by atoms with E-state index in [0.717, 1.165) is 41.6 Å². The van der Waals surface area contributed by atoms with Gasteiger partial charge in [0.05, 0.1) is 5.69 Å². The van der Waals surface area contributed by atoms with Gasteiger partial charge in [-0.1, -0.05) is 24.9 Å². The first-order chi connectivity index (χ1) is 10.1. The molecule has 2 aliphatic carbocycles. The van der Waals surface area contributed by atoms with E-state index in [1.807, 2.05) is 11.7 Å². The van der Waals surface area contributed by atoms with Crippen molar-refractivity contribution in [2.45, 2.75) is 58.4 Å². The Hall–Kier alpha value is -0.540. The van der Waals surface area contributed by atoms with Crippen molar-refractivity contribution in [3.05, 3.63) is 16.4 Å². The van der Waals surface area contributed by atoms with E-state index in [4.69, 9.17) is 11.6 Å². The lowest BCUT2D eigenvalue weighted by molar-refractivity contribution is 0.246. The molecule has 1 heterocycles. The molecule has 0 amide bonds. The molecular formula is C17H28ClN3. The molecule has 0 saturated heterocycles. The fraction of sp³-hybridized carbons (Fsp3) is 0.824. The van der Waals surface area contributed by atoms with E-state index in [-0.39, 0.29) is 0 Å². The van der Waals surface area contributed by atoms with Gasteiger partial charge in [0.2, 0.25) is 0 Å². The molecule has 0 aliphatic heterocycles. The van der Waals surface area contributed by atoms with Crippen LogP contribution in [0.2, 0.25) is 5.15 Å². The number of aromatic nitrogens is 2. The number of aryl methyl sites for hydroxylation is 2. The number of hydrogen-bond donors (Lipinski definition) is 1. The molecule has 1 N–H and O–H groups in total. The molecule has 118 valence electrons. The Kier molecular flexibility index (Phi) is 4.60. The molecule has 0 aromatic carbocycles. The topological polar surface area (TPSA) is 29.9 Å². The first kappa shape index (κ1) is 15.4. The van der Waals surface area contributed by atoms with Crippen molar-refractivity contribution in [3.63, 3.8) is 0 Å². The summed E-state index contributed by atoms with van der Waals surface area (Å²) in [5.41, 5.74) is 2.34. The van der Waals surface area contributed by atoms with Crippen LogP contribution >= 0.6 is 11.6 Å². The third-order valence-corrected chi connectivity index (χ3v) is 6.13. The lowest BCUT2D eigenvalue weighted by atomic mass is 9.81. The summed E-state index contributed by atoms with van der Waals surface area (Å²) in [4.78, 5) is 0. The summed E-state index contributed by atoms with van der Waals surface area (Å²) in [6.45, 7) is 5.43. The minimum Gasteiger partial charge on any atom is -0.313 e. The highest BCUT2D eigenvalue weighted by atomic mass is 35.5. The van der Waals surface area contributed by atoms with Gasteiger partial charge in [0.25, 0.3) is 0 Å². The van der Waals surface area contributed by atoms with E-state index in [9.17, 15) is 0 Å². The molecule has 2 saturated carbocycles. The zero-order valence-electron chi connectivity index (χ0n) is 13.5. The molecule has 3 nitrogen and oxygen atoms in total. The third-order valence-electron chi connectivity index (χ3n) is 5.66. The Bertz CT molecular complexity index is 496. The highest BCUT2D eigenvalue weighted by Crippen LogP contribution is 2.50. The molecule has 2 aliphatic rings. The number of hydrogen-bond acceptors (Lipinski definition) is 2. The van der Waals surface area contributed by atoms with Crippen LogP contribution in [0.25, 0.3) is 0 Å². The molecule has 4 unspecified atom stereocenters. The van der Waals surface area contributed by atoms with E-state index in [2.05, 4.69) is 24.3 Å². The average Bonchev–Trinajstić information content (AvgIpc) is 3.14. The fourth-order valence-electron chi connectivity index (χ4n) is 4.62.